The van der Waals surface area contributed by atoms with Crippen LogP contribution in [0.2, 0.25) is 0 Å². The standard InChI is InChI=1S/C14H11FN4O2/c1-7-14(20)18-10-5-9(15)12(8(6-16)13(10)21-7)11-3-4-17-19(11)2/h3-5,7H,1-2H3,(H,18,20). The number of hydrogen-bond acceptors (Lipinski definition) is 4. The van der Waals surface area contributed by atoms with Crippen LogP contribution in [0.25, 0.3) is 11.3 Å². The number of benzene rings is 1. The first-order chi connectivity index (χ1) is 10.0. The quantitative estimate of drug-likeness (QED) is 0.867. The van der Waals surface area contributed by atoms with Crippen molar-refractivity contribution in [3.05, 3.63) is 29.7 Å². The van der Waals surface area contributed by atoms with Gasteiger partial charge < -0.3 is 10.1 Å². The number of nitrogens with one attached hydrogen (secondary N) is 1. The summed E-state index contributed by atoms with van der Waals surface area (Å²) in [7, 11) is 1.65. The maximum absolute atomic E-state index is 14.4. The van der Waals surface area contributed by atoms with Crippen molar-refractivity contribution in [3.63, 3.8) is 0 Å². The van der Waals surface area contributed by atoms with Crippen molar-refractivity contribution >= 4 is 11.6 Å². The number of ether oxygens (including phenoxy) is 1. The first-order valence-corrected chi connectivity index (χ1v) is 6.25. The third-order valence-electron chi connectivity index (χ3n) is 3.34. The zero-order valence-corrected chi connectivity index (χ0v) is 11.3. The van der Waals surface area contributed by atoms with Gasteiger partial charge in [0.15, 0.2) is 11.9 Å². The van der Waals surface area contributed by atoms with E-state index in [9.17, 15) is 14.4 Å². The van der Waals surface area contributed by atoms with Gasteiger partial charge in [0.2, 0.25) is 0 Å². The van der Waals surface area contributed by atoms with Gasteiger partial charge in [-0.05, 0) is 13.0 Å². The van der Waals surface area contributed by atoms with Crippen LogP contribution >= 0.6 is 0 Å². The number of hydrogen-bond donors (Lipinski definition) is 1. The van der Waals surface area contributed by atoms with E-state index in [1.165, 1.54) is 10.9 Å². The first-order valence-electron chi connectivity index (χ1n) is 6.25. The van der Waals surface area contributed by atoms with Crippen molar-refractivity contribution in [2.75, 3.05) is 5.32 Å². The molecular weight excluding hydrogens is 275 g/mol. The Morgan fingerprint density at radius 1 is 1.57 bits per heavy atom. The summed E-state index contributed by atoms with van der Waals surface area (Å²) in [4.78, 5) is 11.6. The van der Waals surface area contributed by atoms with Gasteiger partial charge in [-0.15, -0.1) is 0 Å². The molecular formula is C14H11FN4O2. The topological polar surface area (TPSA) is 79.9 Å². The van der Waals surface area contributed by atoms with Crippen molar-refractivity contribution in [3.8, 4) is 23.1 Å². The van der Waals surface area contributed by atoms with E-state index in [1.54, 1.807) is 20.0 Å². The average molecular weight is 286 g/mol. The highest BCUT2D eigenvalue weighted by Crippen LogP contribution is 2.40. The second kappa shape index (κ2) is 4.59. The van der Waals surface area contributed by atoms with Gasteiger partial charge >= 0.3 is 0 Å². The highest BCUT2D eigenvalue weighted by atomic mass is 19.1. The molecule has 1 atom stereocenters. The Labute approximate surface area is 119 Å². The van der Waals surface area contributed by atoms with Crippen molar-refractivity contribution in [1.82, 2.24) is 9.78 Å². The number of aryl methyl sites for hydroxylation is 1. The lowest BCUT2D eigenvalue weighted by molar-refractivity contribution is -0.122. The Morgan fingerprint density at radius 2 is 2.33 bits per heavy atom. The van der Waals surface area contributed by atoms with E-state index in [4.69, 9.17) is 4.74 Å². The molecule has 0 saturated carbocycles. The molecule has 1 unspecified atom stereocenters. The number of fused-ring (bicyclic) bond motifs is 1. The molecule has 1 aromatic heterocycles. The zero-order valence-electron chi connectivity index (χ0n) is 11.3. The maximum Gasteiger partial charge on any atom is 0.265 e. The first kappa shape index (κ1) is 13.1. The van der Waals surface area contributed by atoms with Gasteiger partial charge in [0.25, 0.3) is 5.91 Å². The number of rotatable bonds is 1. The lowest BCUT2D eigenvalue weighted by Gasteiger charge is -2.25. The molecule has 1 aromatic carbocycles. The van der Waals surface area contributed by atoms with Crippen LogP contribution in [-0.2, 0) is 11.8 Å². The summed E-state index contributed by atoms with van der Waals surface area (Å²) in [6, 6.07) is 4.72. The SMILES string of the molecule is CC1Oc2c(cc(F)c(-c3ccnn3C)c2C#N)NC1=O. The molecule has 0 aliphatic carbocycles. The molecule has 1 aliphatic heterocycles. The molecule has 0 radical (unpaired) electrons. The molecule has 21 heavy (non-hydrogen) atoms. The maximum atomic E-state index is 14.4. The zero-order chi connectivity index (χ0) is 15.1. The summed E-state index contributed by atoms with van der Waals surface area (Å²) in [5.41, 5.74) is 0.776. The van der Waals surface area contributed by atoms with E-state index in [-0.39, 0.29) is 28.5 Å². The molecule has 0 saturated heterocycles. The Hall–Kier alpha value is -2.88. The number of carbonyl (C=O) groups is 1. The van der Waals surface area contributed by atoms with E-state index in [0.717, 1.165) is 6.07 Å². The predicted molar refractivity (Wildman–Crippen MR) is 72.0 cm³/mol. The summed E-state index contributed by atoms with van der Waals surface area (Å²) in [5, 5.41) is 15.9. The fraction of sp³-hybridized carbons (Fsp3) is 0.214. The molecule has 1 N–H and O–H groups in total. The van der Waals surface area contributed by atoms with E-state index in [1.807, 2.05) is 6.07 Å². The van der Waals surface area contributed by atoms with Gasteiger partial charge in [-0.2, -0.15) is 10.4 Å². The Morgan fingerprint density at radius 3 is 2.95 bits per heavy atom. The van der Waals surface area contributed by atoms with Gasteiger partial charge in [0, 0.05) is 19.3 Å². The fourth-order valence-corrected chi connectivity index (χ4v) is 2.29. The molecule has 6 nitrogen and oxygen atoms in total. The minimum absolute atomic E-state index is 0.0421. The Balaban J connectivity index is 2.29. The minimum atomic E-state index is -0.741. The van der Waals surface area contributed by atoms with Crippen molar-refractivity contribution in [2.24, 2.45) is 7.05 Å². The van der Waals surface area contributed by atoms with E-state index in [2.05, 4.69) is 10.4 Å². The molecule has 0 spiro atoms. The monoisotopic (exact) mass is 286 g/mol. The number of nitrogens with zero attached hydrogens (tertiary/aromatic N) is 3. The number of halogens is 1. The normalized spacial score (nSPS) is 16.7. The highest BCUT2D eigenvalue weighted by molar-refractivity contribution is 5.99. The smallest absolute Gasteiger partial charge is 0.265 e. The molecule has 0 bridgehead atoms. The van der Waals surface area contributed by atoms with Gasteiger partial charge in [-0.25, -0.2) is 4.39 Å². The van der Waals surface area contributed by atoms with Gasteiger partial charge in [-0.3, -0.25) is 9.48 Å². The van der Waals surface area contributed by atoms with Crippen LogP contribution in [0.5, 0.6) is 5.75 Å². The average Bonchev–Trinajstić information content (AvgIpc) is 2.85. The molecule has 2 heterocycles. The van der Waals surface area contributed by atoms with Gasteiger partial charge in [-0.1, -0.05) is 0 Å². The third kappa shape index (κ3) is 1.92. The Kier molecular flexibility index (Phi) is 2.87. The molecule has 1 aliphatic rings. The number of amides is 1. The van der Waals surface area contributed by atoms with E-state index in [0.29, 0.717) is 5.69 Å². The lowest BCUT2D eigenvalue weighted by atomic mass is 10.0. The lowest BCUT2D eigenvalue weighted by Crippen LogP contribution is -2.35. The largest absolute Gasteiger partial charge is 0.477 e. The Bertz CT molecular complexity index is 791. The molecule has 1 amide bonds. The van der Waals surface area contributed by atoms with Crippen LogP contribution in [0.1, 0.15) is 12.5 Å². The summed E-state index contributed by atoms with van der Waals surface area (Å²) in [6.07, 6.45) is 0.773. The van der Waals surface area contributed by atoms with Crippen LogP contribution in [0.3, 0.4) is 0 Å². The summed E-state index contributed by atoms with van der Waals surface area (Å²) in [5.74, 6) is -0.811. The number of carbonyl (C=O) groups excluding carboxylic acids is 1. The molecule has 106 valence electrons. The van der Waals surface area contributed by atoms with Gasteiger partial charge in [0.05, 0.1) is 16.9 Å². The van der Waals surface area contributed by atoms with Gasteiger partial charge in [0.1, 0.15) is 17.4 Å². The predicted octanol–water partition coefficient (Wildman–Crippen LogP) is 1.82. The molecule has 3 rings (SSSR count). The van der Waals surface area contributed by atoms with Crippen molar-refractivity contribution < 1.29 is 13.9 Å². The van der Waals surface area contributed by atoms with Crippen LogP contribution in [0.4, 0.5) is 10.1 Å². The second-order valence-corrected chi connectivity index (χ2v) is 4.69. The minimum Gasteiger partial charge on any atom is -0.477 e. The summed E-state index contributed by atoms with van der Waals surface area (Å²) in [6.45, 7) is 1.56. The van der Waals surface area contributed by atoms with E-state index < -0.39 is 11.9 Å². The molecule has 0 fully saturated rings. The molecule has 7 heteroatoms. The van der Waals surface area contributed by atoms with Crippen LogP contribution in [0.15, 0.2) is 18.3 Å². The second-order valence-electron chi connectivity index (χ2n) is 4.69. The molecule has 2 aromatic rings. The van der Waals surface area contributed by atoms with Crippen LogP contribution < -0.4 is 10.1 Å². The van der Waals surface area contributed by atoms with E-state index >= 15 is 0 Å². The third-order valence-corrected chi connectivity index (χ3v) is 3.34. The van der Waals surface area contributed by atoms with Crippen LogP contribution in [-0.4, -0.2) is 21.8 Å². The highest BCUT2D eigenvalue weighted by Gasteiger charge is 2.30. The summed E-state index contributed by atoms with van der Waals surface area (Å²) >= 11 is 0. The number of nitriles is 1. The number of aromatic nitrogens is 2. The van der Waals surface area contributed by atoms with Crippen LogP contribution in [0, 0.1) is 17.1 Å². The fourth-order valence-electron chi connectivity index (χ4n) is 2.29. The summed E-state index contributed by atoms with van der Waals surface area (Å²) < 4.78 is 21.3. The van der Waals surface area contributed by atoms with Crippen molar-refractivity contribution in [1.29, 1.82) is 5.26 Å². The van der Waals surface area contributed by atoms with Crippen molar-refractivity contribution in [2.45, 2.75) is 13.0 Å². The number of anilines is 1.